The Morgan fingerprint density at radius 3 is 2.77 bits per heavy atom. The van der Waals surface area contributed by atoms with Gasteiger partial charge in [0.05, 0.1) is 0 Å². The van der Waals surface area contributed by atoms with Crippen LogP contribution in [-0.4, -0.2) is 11.6 Å². The number of rotatable bonds is 4. The van der Waals surface area contributed by atoms with Crippen LogP contribution >= 0.6 is 0 Å². The fourth-order valence-electron chi connectivity index (χ4n) is 2.46. The molecule has 22 heavy (non-hydrogen) atoms. The van der Waals surface area contributed by atoms with Gasteiger partial charge in [-0.2, -0.15) is 0 Å². The summed E-state index contributed by atoms with van der Waals surface area (Å²) in [6, 6.07) is 14.4. The van der Waals surface area contributed by atoms with E-state index in [0.717, 1.165) is 5.56 Å². The van der Waals surface area contributed by atoms with Gasteiger partial charge in [-0.1, -0.05) is 30.3 Å². The van der Waals surface area contributed by atoms with Gasteiger partial charge >= 0.3 is 0 Å². The normalized spacial score (nSPS) is 19.4. The number of Topliss-reactive ketones (excluding diaryl/α,β-unsaturated/α-hetero) is 1. The number of azide groups is 1. The van der Waals surface area contributed by atoms with E-state index in [-0.39, 0.29) is 12.0 Å². The van der Waals surface area contributed by atoms with Crippen molar-refractivity contribution in [3.63, 3.8) is 0 Å². The molecule has 2 aromatic rings. The topological polar surface area (TPSA) is 75.1 Å². The van der Waals surface area contributed by atoms with Crippen molar-refractivity contribution in [2.75, 3.05) is 0 Å². The molecule has 6 heteroatoms. The van der Waals surface area contributed by atoms with E-state index < -0.39 is 11.6 Å². The lowest BCUT2D eigenvalue weighted by atomic mass is 10.1. The van der Waals surface area contributed by atoms with E-state index in [9.17, 15) is 9.18 Å². The van der Waals surface area contributed by atoms with Gasteiger partial charge in [0, 0.05) is 16.9 Å². The summed E-state index contributed by atoms with van der Waals surface area (Å²) < 4.78 is 19.9. The van der Waals surface area contributed by atoms with Crippen LogP contribution in [0, 0.1) is 0 Å². The van der Waals surface area contributed by atoms with Gasteiger partial charge in [0.25, 0.3) is 5.79 Å². The van der Waals surface area contributed by atoms with Gasteiger partial charge in [-0.25, -0.2) is 4.39 Å². The number of fused-ring (bicyclic) bond motifs is 1. The molecule has 0 aliphatic heterocycles. The molecule has 1 aliphatic rings. The van der Waals surface area contributed by atoms with E-state index in [1.54, 1.807) is 12.1 Å². The highest BCUT2D eigenvalue weighted by Crippen LogP contribution is 2.36. The van der Waals surface area contributed by atoms with Crippen LogP contribution in [0.25, 0.3) is 10.4 Å². The number of ether oxygens (including phenoxy) is 1. The molecule has 0 heterocycles. The lowest BCUT2D eigenvalue weighted by molar-refractivity contribution is 0.0735. The highest BCUT2D eigenvalue weighted by Gasteiger charge is 2.45. The minimum absolute atomic E-state index is 0.238. The summed E-state index contributed by atoms with van der Waals surface area (Å²) >= 11 is 0. The Kier molecular flexibility index (Phi) is 3.53. The molecule has 110 valence electrons. The minimum atomic E-state index is -2.52. The quantitative estimate of drug-likeness (QED) is 0.370. The van der Waals surface area contributed by atoms with E-state index in [4.69, 9.17) is 10.3 Å². The number of hydrogen-bond donors (Lipinski definition) is 0. The van der Waals surface area contributed by atoms with Crippen LogP contribution in [0.4, 0.5) is 4.39 Å². The second-order valence-electron chi connectivity index (χ2n) is 5.05. The first-order valence-electron chi connectivity index (χ1n) is 6.72. The SMILES string of the molecule is [N-]=[N+]=NC1(F)Cc2cc(OCc3ccccc3)ccc2C1=O. The summed E-state index contributed by atoms with van der Waals surface area (Å²) in [4.78, 5) is 14.3. The first kappa shape index (κ1) is 14.1. The Morgan fingerprint density at radius 2 is 2.05 bits per heavy atom. The van der Waals surface area contributed by atoms with Crippen LogP contribution in [0.15, 0.2) is 53.6 Å². The Balaban J connectivity index is 1.79. The van der Waals surface area contributed by atoms with Crippen LogP contribution < -0.4 is 4.74 Å². The summed E-state index contributed by atoms with van der Waals surface area (Å²) in [5.74, 6) is -2.77. The zero-order valence-corrected chi connectivity index (χ0v) is 11.6. The molecule has 1 unspecified atom stereocenters. The van der Waals surface area contributed by atoms with Gasteiger partial charge in [0.1, 0.15) is 12.4 Å². The predicted molar refractivity (Wildman–Crippen MR) is 78.2 cm³/mol. The first-order chi connectivity index (χ1) is 10.6. The van der Waals surface area contributed by atoms with Crippen molar-refractivity contribution in [3.8, 4) is 5.75 Å². The van der Waals surface area contributed by atoms with Gasteiger partial charge in [0.15, 0.2) is 0 Å². The maximum Gasteiger partial charge on any atom is 0.255 e. The summed E-state index contributed by atoms with van der Waals surface area (Å²) in [6.45, 7) is 0.380. The Bertz CT molecular complexity index is 772. The predicted octanol–water partition coefficient (Wildman–Crippen LogP) is 3.98. The average molecular weight is 297 g/mol. The molecule has 0 bridgehead atoms. The zero-order chi connectivity index (χ0) is 15.6. The van der Waals surface area contributed by atoms with Crippen LogP contribution in [0.1, 0.15) is 21.5 Å². The van der Waals surface area contributed by atoms with Crippen LogP contribution in [-0.2, 0) is 13.0 Å². The lowest BCUT2D eigenvalue weighted by Gasteiger charge is -2.08. The van der Waals surface area contributed by atoms with E-state index in [1.165, 1.54) is 6.07 Å². The van der Waals surface area contributed by atoms with Gasteiger partial charge in [-0.05, 0) is 40.0 Å². The lowest BCUT2D eigenvalue weighted by Crippen LogP contribution is -2.26. The molecule has 0 spiro atoms. The van der Waals surface area contributed by atoms with Crippen molar-refractivity contribution in [1.29, 1.82) is 0 Å². The molecule has 0 saturated heterocycles. The standard InChI is InChI=1S/C16H12FN3O2/c17-16(19-20-18)9-12-8-13(6-7-14(12)15(16)21)22-10-11-4-2-1-3-5-11/h1-8H,9-10H2. The number of carbonyl (C=O) groups is 1. The van der Waals surface area contributed by atoms with Crippen LogP contribution in [0.3, 0.4) is 0 Å². The largest absolute Gasteiger partial charge is 0.489 e. The molecule has 0 radical (unpaired) electrons. The molecule has 2 aromatic carbocycles. The smallest absolute Gasteiger partial charge is 0.255 e. The fourth-order valence-corrected chi connectivity index (χ4v) is 2.46. The molecular formula is C16H12FN3O2. The Hall–Kier alpha value is -2.85. The number of halogens is 1. The summed E-state index contributed by atoms with van der Waals surface area (Å²) in [7, 11) is 0. The molecule has 3 rings (SSSR count). The maximum atomic E-state index is 14.3. The highest BCUT2D eigenvalue weighted by atomic mass is 19.1. The first-order valence-corrected chi connectivity index (χ1v) is 6.72. The zero-order valence-electron chi connectivity index (χ0n) is 11.6. The van der Waals surface area contributed by atoms with E-state index >= 15 is 0 Å². The highest BCUT2D eigenvalue weighted by molar-refractivity contribution is 6.06. The third kappa shape index (κ3) is 2.52. The van der Waals surface area contributed by atoms with Crippen molar-refractivity contribution in [3.05, 3.63) is 75.7 Å². The van der Waals surface area contributed by atoms with E-state index in [0.29, 0.717) is 17.9 Å². The number of alkyl halides is 1. The molecule has 0 amide bonds. The molecule has 0 fully saturated rings. The van der Waals surface area contributed by atoms with Gasteiger partial charge in [-0.3, -0.25) is 4.79 Å². The van der Waals surface area contributed by atoms with Crippen LogP contribution in [0.2, 0.25) is 0 Å². The second kappa shape index (κ2) is 5.50. The number of benzene rings is 2. The minimum Gasteiger partial charge on any atom is -0.489 e. The van der Waals surface area contributed by atoms with Crippen molar-refractivity contribution in [2.45, 2.75) is 18.8 Å². The molecular weight excluding hydrogens is 285 g/mol. The van der Waals surface area contributed by atoms with Crippen molar-refractivity contribution in [2.24, 2.45) is 5.11 Å². The number of hydrogen-bond acceptors (Lipinski definition) is 3. The fraction of sp³-hybridized carbons (Fsp3) is 0.188. The van der Waals surface area contributed by atoms with Gasteiger partial charge in [0.2, 0.25) is 5.78 Å². The number of carbonyl (C=O) groups excluding carboxylic acids is 1. The third-order valence-corrected chi connectivity index (χ3v) is 3.55. The Morgan fingerprint density at radius 1 is 1.27 bits per heavy atom. The molecule has 5 nitrogen and oxygen atoms in total. The van der Waals surface area contributed by atoms with E-state index in [1.807, 2.05) is 30.3 Å². The summed E-state index contributed by atoms with van der Waals surface area (Å²) in [6.07, 6.45) is -0.256. The van der Waals surface area contributed by atoms with Gasteiger partial charge in [-0.15, -0.1) is 0 Å². The maximum absolute atomic E-state index is 14.3. The van der Waals surface area contributed by atoms with Crippen molar-refractivity contribution < 1.29 is 13.9 Å². The average Bonchev–Trinajstić information content (AvgIpc) is 2.77. The summed E-state index contributed by atoms with van der Waals surface area (Å²) in [5.41, 5.74) is 10.1. The monoisotopic (exact) mass is 297 g/mol. The molecule has 1 aliphatic carbocycles. The molecule has 0 aromatic heterocycles. The number of nitrogens with zero attached hydrogens (tertiary/aromatic N) is 3. The summed E-state index contributed by atoms with van der Waals surface area (Å²) in [5, 5.41) is 3.00. The Labute approximate surface area is 126 Å². The number of ketones is 1. The second-order valence-corrected chi connectivity index (χ2v) is 5.05. The molecule has 1 atom stereocenters. The third-order valence-electron chi connectivity index (χ3n) is 3.55. The molecule has 0 saturated carbocycles. The molecule has 0 N–H and O–H groups in total. The van der Waals surface area contributed by atoms with Crippen molar-refractivity contribution >= 4 is 5.78 Å². The van der Waals surface area contributed by atoms with E-state index in [2.05, 4.69) is 10.0 Å². The van der Waals surface area contributed by atoms with Crippen molar-refractivity contribution in [1.82, 2.24) is 0 Å². The van der Waals surface area contributed by atoms with Gasteiger partial charge < -0.3 is 4.74 Å². The van der Waals surface area contributed by atoms with Crippen LogP contribution in [0.5, 0.6) is 5.75 Å².